The lowest BCUT2D eigenvalue weighted by atomic mass is 10.1. The molecule has 1 aliphatic heterocycles. The highest BCUT2D eigenvalue weighted by molar-refractivity contribution is 5.97. The number of anilines is 1. The molecule has 0 N–H and O–H groups in total. The minimum Gasteiger partial charge on any atom is -0.328 e. The Morgan fingerprint density at radius 3 is 2.63 bits per heavy atom. The lowest BCUT2D eigenvalue weighted by Gasteiger charge is -2.20. The fourth-order valence-electron chi connectivity index (χ4n) is 4.66. The van der Waals surface area contributed by atoms with E-state index in [1.165, 1.54) is 42.3 Å². The van der Waals surface area contributed by atoms with E-state index < -0.39 is 0 Å². The number of rotatable bonds is 8. The average molecular weight is 404 g/mol. The van der Waals surface area contributed by atoms with Crippen LogP contribution in [0.25, 0.3) is 11.0 Å². The van der Waals surface area contributed by atoms with Gasteiger partial charge in [0.1, 0.15) is 5.82 Å². The first-order chi connectivity index (χ1) is 14.6. The molecule has 0 radical (unpaired) electrons. The van der Waals surface area contributed by atoms with Crippen LogP contribution in [-0.4, -0.2) is 22.0 Å². The van der Waals surface area contributed by atoms with Gasteiger partial charge in [-0.05, 0) is 49.6 Å². The van der Waals surface area contributed by atoms with Crippen LogP contribution < -0.4 is 4.90 Å². The number of aryl methyl sites for hydroxylation is 2. The molecule has 0 bridgehead atoms. The molecule has 1 unspecified atom stereocenters. The van der Waals surface area contributed by atoms with Gasteiger partial charge in [0, 0.05) is 31.1 Å². The number of amides is 1. The second-order valence-electron chi connectivity index (χ2n) is 8.65. The lowest BCUT2D eigenvalue weighted by Crippen LogP contribution is -2.25. The summed E-state index contributed by atoms with van der Waals surface area (Å²) in [7, 11) is 0. The minimum atomic E-state index is 0.139. The molecule has 1 amide bonds. The van der Waals surface area contributed by atoms with Gasteiger partial charge in [-0.25, -0.2) is 4.98 Å². The summed E-state index contributed by atoms with van der Waals surface area (Å²) >= 11 is 0. The number of fused-ring (bicyclic) bond motifs is 1. The average Bonchev–Trinajstić information content (AvgIpc) is 3.30. The molecule has 158 valence electrons. The van der Waals surface area contributed by atoms with Crippen molar-refractivity contribution in [3.8, 4) is 0 Å². The number of hydrogen-bond donors (Lipinski definition) is 0. The van der Waals surface area contributed by atoms with E-state index in [1.807, 2.05) is 17.0 Å². The van der Waals surface area contributed by atoms with Gasteiger partial charge in [-0.3, -0.25) is 4.79 Å². The van der Waals surface area contributed by atoms with E-state index in [1.54, 1.807) is 0 Å². The maximum atomic E-state index is 13.0. The number of unbranched alkanes of at least 4 members (excludes halogenated alkanes) is 4. The first kappa shape index (κ1) is 20.6. The number of imidazole rings is 1. The molecule has 2 aromatic carbocycles. The Morgan fingerprint density at radius 2 is 1.80 bits per heavy atom. The molecule has 0 aliphatic carbocycles. The highest BCUT2D eigenvalue weighted by atomic mass is 16.2. The third-order valence-electron chi connectivity index (χ3n) is 6.53. The number of nitrogens with zero attached hydrogens (tertiary/aromatic N) is 3. The van der Waals surface area contributed by atoms with E-state index in [-0.39, 0.29) is 11.8 Å². The highest BCUT2D eigenvalue weighted by Gasteiger charge is 2.35. The van der Waals surface area contributed by atoms with E-state index in [2.05, 4.69) is 55.7 Å². The minimum absolute atomic E-state index is 0.139. The van der Waals surface area contributed by atoms with Gasteiger partial charge < -0.3 is 9.47 Å². The Labute approximate surface area is 179 Å². The molecule has 1 atom stereocenters. The molecule has 0 saturated carbocycles. The van der Waals surface area contributed by atoms with Gasteiger partial charge in [0.15, 0.2) is 0 Å². The van der Waals surface area contributed by atoms with Crippen molar-refractivity contribution in [2.45, 2.75) is 71.8 Å². The zero-order valence-electron chi connectivity index (χ0n) is 18.5. The number of carbonyl (C=O) groups is 1. The molecule has 0 spiro atoms. The largest absolute Gasteiger partial charge is 0.328 e. The molecule has 30 heavy (non-hydrogen) atoms. The normalized spacial score (nSPS) is 16.7. The quantitative estimate of drug-likeness (QED) is 0.423. The third-order valence-corrected chi connectivity index (χ3v) is 6.53. The van der Waals surface area contributed by atoms with Gasteiger partial charge in [-0.15, -0.1) is 0 Å². The van der Waals surface area contributed by atoms with Crippen molar-refractivity contribution >= 4 is 22.6 Å². The number of aromatic nitrogens is 2. The topological polar surface area (TPSA) is 38.1 Å². The van der Waals surface area contributed by atoms with Crippen molar-refractivity contribution in [1.82, 2.24) is 9.55 Å². The fourth-order valence-corrected chi connectivity index (χ4v) is 4.66. The summed E-state index contributed by atoms with van der Waals surface area (Å²) in [4.78, 5) is 19.9. The zero-order valence-corrected chi connectivity index (χ0v) is 18.5. The van der Waals surface area contributed by atoms with Crippen molar-refractivity contribution in [2.24, 2.45) is 0 Å². The van der Waals surface area contributed by atoms with Crippen LogP contribution in [0.4, 0.5) is 5.69 Å². The molecule has 1 saturated heterocycles. The van der Waals surface area contributed by atoms with Gasteiger partial charge >= 0.3 is 0 Å². The number of hydrogen-bond acceptors (Lipinski definition) is 2. The van der Waals surface area contributed by atoms with Crippen molar-refractivity contribution in [3.05, 3.63) is 59.4 Å². The van der Waals surface area contributed by atoms with Gasteiger partial charge in [-0.1, -0.05) is 56.9 Å². The molecule has 4 nitrogen and oxygen atoms in total. The van der Waals surface area contributed by atoms with Crippen molar-refractivity contribution < 1.29 is 4.79 Å². The summed E-state index contributed by atoms with van der Waals surface area (Å²) < 4.78 is 2.38. The van der Waals surface area contributed by atoms with E-state index in [0.717, 1.165) is 30.0 Å². The molecular weight excluding hydrogens is 370 g/mol. The van der Waals surface area contributed by atoms with Gasteiger partial charge in [-0.2, -0.15) is 0 Å². The van der Waals surface area contributed by atoms with Crippen LogP contribution in [0.3, 0.4) is 0 Å². The molecule has 1 aliphatic rings. The van der Waals surface area contributed by atoms with Crippen LogP contribution in [0, 0.1) is 13.8 Å². The summed E-state index contributed by atoms with van der Waals surface area (Å²) in [6.45, 7) is 8.15. The van der Waals surface area contributed by atoms with E-state index in [9.17, 15) is 4.79 Å². The Morgan fingerprint density at radius 1 is 1.00 bits per heavy atom. The number of benzene rings is 2. The summed E-state index contributed by atoms with van der Waals surface area (Å²) in [6.07, 6.45) is 6.80. The summed E-state index contributed by atoms with van der Waals surface area (Å²) in [5.74, 6) is 1.42. The Kier molecular flexibility index (Phi) is 6.21. The van der Waals surface area contributed by atoms with Crippen molar-refractivity contribution in [2.75, 3.05) is 11.4 Å². The first-order valence-corrected chi connectivity index (χ1v) is 11.4. The van der Waals surface area contributed by atoms with Crippen LogP contribution >= 0.6 is 0 Å². The van der Waals surface area contributed by atoms with Crippen LogP contribution in [0.1, 0.15) is 68.3 Å². The number of carbonyl (C=O) groups excluding carboxylic acids is 1. The number of para-hydroxylation sites is 2. The van der Waals surface area contributed by atoms with Crippen LogP contribution in [-0.2, 0) is 11.3 Å². The second-order valence-corrected chi connectivity index (χ2v) is 8.65. The predicted molar refractivity (Wildman–Crippen MR) is 124 cm³/mol. The van der Waals surface area contributed by atoms with Crippen molar-refractivity contribution in [3.63, 3.8) is 0 Å². The Hall–Kier alpha value is -2.62. The third kappa shape index (κ3) is 4.00. The van der Waals surface area contributed by atoms with Gasteiger partial charge in [0.2, 0.25) is 5.91 Å². The van der Waals surface area contributed by atoms with Gasteiger partial charge in [0.05, 0.1) is 11.0 Å². The van der Waals surface area contributed by atoms with Gasteiger partial charge in [0.25, 0.3) is 0 Å². The predicted octanol–water partition coefficient (Wildman–Crippen LogP) is 6.14. The van der Waals surface area contributed by atoms with Crippen LogP contribution in [0.5, 0.6) is 0 Å². The zero-order chi connectivity index (χ0) is 21.1. The monoisotopic (exact) mass is 403 g/mol. The molecule has 2 heterocycles. The summed E-state index contributed by atoms with van der Waals surface area (Å²) in [5, 5.41) is 0. The maximum absolute atomic E-state index is 13.0. The Bertz CT molecular complexity index is 1040. The maximum Gasteiger partial charge on any atom is 0.227 e. The Balaban J connectivity index is 1.60. The molecule has 4 rings (SSSR count). The van der Waals surface area contributed by atoms with E-state index >= 15 is 0 Å². The smallest absolute Gasteiger partial charge is 0.227 e. The van der Waals surface area contributed by atoms with Crippen LogP contribution in [0.15, 0.2) is 42.5 Å². The SMILES string of the molecule is CCCCCCCn1c(C2CC(=O)N(c3cccc(C)c3C)C2)nc2ccccc21. The first-order valence-electron chi connectivity index (χ1n) is 11.4. The van der Waals surface area contributed by atoms with E-state index in [0.29, 0.717) is 13.0 Å². The second kappa shape index (κ2) is 9.03. The molecule has 1 fully saturated rings. The molecule has 4 heteroatoms. The molecular formula is C26H33N3O. The molecule has 1 aromatic heterocycles. The summed E-state index contributed by atoms with van der Waals surface area (Å²) in [5.41, 5.74) is 5.70. The van der Waals surface area contributed by atoms with Crippen LogP contribution in [0.2, 0.25) is 0 Å². The fraction of sp³-hybridized carbons (Fsp3) is 0.462. The molecule has 3 aromatic rings. The lowest BCUT2D eigenvalue weighted by molar-refractivity contribution is -0.117. The standard InChI is InChI=1S/C26H33N3O/c1-4-5-6-7-10-16-28-24-14-9-8-13-22(24)27-26(28)21-17-25(30)29(18-21)23-15-11-12-19(2)20(23)3/h8-9,11-15,21H,4-7,10,16-18H2,1-3H3. The highest BCUT2D eigenvalue weighted by Crippen LogP contribution is 2.35. The van der Waals surface area contributed by atoms with E-state index in [4.69, 9.17) is 4.98 Å². The van der Waals surface area contributed by atoms with Crippen molar-refractivity contribution in [1.29, 1.82) is 0 Å². The summed E-state index contributed by atoms with van der Waals surface area (Å²) in [6, 6.07) is 14.6.